The van der Waals surface area contributed by atoms with Crippen molar-refractivity contribution >= 4 is 22.6 Å². The van der Waals surface area contributed by atoms with Gasteiger partial charge in [-0.25, -0.2) is 0 Å². The second kappa shape index (κ2) is 5.53. The summed E-state index contributed by atoms with van der Waals surface area (Å²) in [5.74, 6) is 1.55. The van der Waals surface area contributed by atoms with E-state index < -0.39 is 6.67 Å². The highest BCUT2D eigenvalue weighted by atomic mass is 127. The van der Waals surface area contributed by atoms with Crippen molar-refractivity contribution in [3.8, 4) is 5.75 Å². The zero-order valence-corrected chi connectivity index (χ0v) is 10.5. The Morgan fingerprint density at radius 1 is 1.43 bits per heavy atom. The van der Waals surface area contributed by atoms with E-state index >= 15 is 0 Å². The van der Waals surface area contributed by atoms with Crippen LogP contribution in [0.4, 0.5) is 4.39 Å². The van der Waals surface area contributed by atoms with Crippen molar-refractivity contribution < 1.29 is 9.13 Å². The molecule has 1 aromatic rings. The molecule has 0 fully saturated rings. The average molecular weight is 307 g/mol. The van der Waals surface area contributed by atoms with E-state index in [2.05, 4.69) is 22.6 Å². The number of ether oxygens (including phenoxy) is 1. The van der Waals surface area contributed by atoms with Crippen LogP contribution in [0.5, 0.6) is 5.75 Å². The standard InChI is InChI=1S/C11H13FIO/c1-3-14-11-5-9(8(2)7-12)4-10(13)6-11/h4-6H,3,7H2,1-2H3. The SMILES string of the molecule is CCOc1cc(I)cc([C](C)CF)c1. The monoisotopic (exact) mass is 307 g/mol. The van der Waals surface area contributed by atoms with Gasteiger partial charge >= 0.3 is 0 Å². The third kappa shape index (κ3) is 3.12. The molecule has 3 heteroatoms. The van der Waals surface area contributed by atoms with E-state index in [1.54, 1.807) is 6.92 Å². The summed E-state index contributed by atoms with van der Waals surface area (Å²) in [4.78, 5) is 0. The van der Waals surface area contributed by atoms with Crippen LogP contribution >= 0.6 is 22.6 Å². The second-order valence-corrected chi connectivity index (χ2v) is 4.27. The first-order valence-corrected chi connectivity index (χ1v) is 5.57. The van der Waals surface area contributed by atoms with Crippen molar-refractivity contribution in [1.82, 2.24) is 0 Å². The molecular formula is C11H13FIO. The van der Waals surface area contributed by atoms with E-state index in [1.807, 2.05) is 25.1 Å². The lowest BCUT2D eigenvalue weighted by Crippen LogP contribution is -1.99. The fourth-order valence-electron chi connectivity index (χ4n) is 1.14. The van der Waals surface area contributed by atoms with Gasteiger partial charge in [0.2, 0.25) is 0 Å². The van der Waals surface area contributed by atoms with Crippen molar-refractivity contribution in [3.63, 3.8) is 0 Å². The first-order chi connectivity index (χ1) is 6.67. The molecule has 0 aromatic heterocycles. The molecule has 0 heterocycles. The third-order valence-electron chi connectivity index (χ3n) is 1.88. The highest BCUT2D eigenvalue weighted by molar-refractivity contribution is 14.1. The Morgan fingerprint density at radius 3 is 2.71 bits per heavy atom. The maximum absolute atomic E-state index is 12.4. The quantitative estimate of drug-likeness (QED) is 0.772. The van der Waals surface area contributed by atoms with Crippen molar-refractivity contribution in [2.45, 2.75) is 13.8 Å². The van der Waals surface area contributed by atoms with E-state index in [0.717, 1.165) is 20.8 Å². The molecule has 0 spiro atoms. The molecular weight excluding hydrogens is 294 g/mol. The molecule has 0 saturated carbocycles. The lowest BCUT2D eigenvalue weighted by Gasteiger charge is -2.10. The van der Waals surface area contributed by atoms with Gasteiger partial charge in [0.15, 0.2) is 0 Å². The molecule has 0 saturated heterocycles. The van der Waals surface area contributed by atoms with Crippen LogP contribution in [0, 0.1) is 9.49 Å². The highest BCUT2D eigenvalue weighted by Gasteiger charge is 2.08. The summed E-state index contributed by atoms with van der Waals surface area (Å²) in [6.07, 6.45) is 0. The number of halogens is 2. The topological polar surface area (TPSA) is 9.23 Å². The van der Waals surface area contributed by atoms with Gasteiger partial charge in [0.05, 0.1) is 13.3 Å². The number of hydrogen-bond donors (Lipinski definition) is 0. The van der Waals surface area contributed by atoms with Gasteiger partial charge in [0, 0.05) is 9.49 Å². The molecule has 0 aliphatic heterocycles. The minimum Gasteiger partial charge on any atom is -0.494 e. The minimum atomic E-state index is -0.411. The molecule has 1 nitrogen and oxygen atoms in total. The van der Waals surface area contributed by atoms with Crippen LogP contribution < -0.4 is 4.74 Å². The van der Waals surface area contributed by atoms with Crippen LogP contribution in [0.1, 0.15) is 19.4 Å². The Hall–Kier alpha value is -0.320. The fourth-order valence-corrected chi connectivity index (χ4v) is 1.78. The van der Waals surface area contributed by atoms with Gasteiger partial charge in [-0.05, 0) is 53.3 Å². The molecule has 0 N–H and O–H groups in total. The normalized spacial score (nSPS) is 10.6. The first kappa shape index (κ1) is 11.8. The Balaban J connectivity index is 2.94. The molecule has 77 valence electrons. The molecule has 0 atom stereocenters. The van der Waals surface area contributed by atoms with E-state index in [0.29, 0.717) is 6.61 Å². The zero-order chi connectivity index (χ0) is 10.6. The molecule has 0 unspecified atom stereocenters. The highest BCUT2D eigenvalue weighted by Crippen LogP contribution is 2.24. The van der Waals surface area contributed by atoms with Crippen LogP contribution in [0.25, 0.3) is 0 Å². The van der Waals surface area contributed by atoms with Crippen molar-refractivity contribution in [2.24, 2.45) is 0 Å². The minimum absolute atomic E-state index is 0.411. The Bertz CT molecular complexity index is 301. The average Bonchev–Trinajstić information content (AvgIpc) is 2.16. The molecule has 0 aliphatic carbocycles. The van der Waals surface area contributed by atoms with Crippen molar-refractivity contribution in [1.29, 1.82) is 0 Å². The molecule has 14 heavy (non-hydrogen) atoms. The lowest BCUT2D eigenvalue weighted by molar-refractivity contribution is 0.339. The molecule has 1 aromatic carbocycles. The first-order valence-electron chi connectivity index (χ1n) is 4.49. The Kier molecular flexibility index (Phi) is 4.65. The summed E-state index contributed by atoms with van der Waals surface area (Å²) in [5, 5.41) is 0. The van der Waals surface area contributed by atoms with Gasteiger partial charge in [-0.2, -0.15) is 0 Å². The van der Waals surface area contributed by atoms with Crippen LogP contribution in [0.2, 0.25) is 0 Å². The molecule has 0 aliphatic rings. The summed E-state index contributed by atoms with van der Waals surface area (Å²) >= 11 is 2.20. The molecule has 1 rings (SSSR count). The summed E-state index contributed by atoms with van der Waals surface area (Å²) in [6, 6.07) is 5.78. The van der Waals surface area contributed by atoms with Crippen molar-refractivity contribution in [3.05, 3.63) is 33.3 Å². The molecule has 0 amide bonds. The van der Waals surface area contributed by atoms with E-state index in [-0.39, 0.29) is 0 Å². The van der Waals surface area contributed by atoms with Crippen LogP contribution in [0.15, 0.2) is 18.2 Å². The van der Waals surface area contributed by atoms with Gasteiger partial charge in [-0.15, -0.1) is 0 Å². The third-order valence-corrected chi connectivity index (χ3v) is 2.50. The van der Waals surface area contributed by atoms with Gasteiger partial charge in [0.25, 0.3) is 0 Å². The number of rotatable bonds is 4. The summed E-state index contributed by atoms with van der Waals surface area (Å²) in [6.45, 7) is 3.95. The van der Waals surface area contributed by atoms with E-state index in [4.69, 9.17) is 4.74 Å². The van der Waals surface area contributed by atoms with Gasteiger partial charge in [-0.1, -0.05) is 6.92 Å². The largest absolute Gasteiger partial charge is 0.494 e. The number of alkyl halides is 1. The molecule has 1 radical (unpaired) electrons. The fraction of sp³-hybridized carbons (Fsp3) is 0.364. The number of hydrogen-bond acceptors (Lipinski definition) is 1. The second-order valence-electron chi connectivity index (χ2n) is 3.02. The van der Waals surface area contributed by atoms with Crippen LogP contribution in [-0.2, 0) is 0 Å². The maximum Gasteiger partial charge on any atom is 0.120 e. The van der Waals surface area contributed by atoms with Crippen LogP contribution in [-0.4, -0.2) is 13.3 Å². The van der Waals surface area contributed by atoms with Gasteiger partial charge in [-0.3, -0.25) is 4.39 Å². The predicted octanol–water partition coefficient (Wildman–Crippen LogP) is 3.60. The summed E-state index contributed by atoms with van der Waals surface area (Å²) in [7, 11) is 0. The molecule has 0 bridgehead atoms. The van der Waals surface area contributed by atoms with Crippen LogP contribution in [0.3, 0.4) is 0 Å². The van der Waals surface area contributed by atoms with Gasteiger partial charge < -0.3 is 4.74 Å². The van der Waals surface area contributed by atoms with Crippen molar-refractivity contribution in [2.75, 3.05) is 13.3 Å². The Morgan fingerprint density at radius 2 is 2.14 bits per heavy atom. The zero-order valence-electron chi connectivity index (χ0n) is 8.31. The number of benzene rings is 1. The summed E-state index contributed by atoms with van der Waals surface area (Å²) in [5.41, 5.74) is 0.919. The van der Waals surface area contributed by atoms with E-state index in [1.165, 1.54) is 0 Å². The van der Waals surface area contributed by atoms with E-state index in [9.17, 15) is 4.39 Å². The Labute approximate surface area is 97.8 Å². The predicted molar refractivity (Wildman–Crippen MR) is 64.3 cm³/mol. The lowest BCUT2D eigenvalue weighted by atomic mass is 10.0. The van der Waals surface area contributed by atoms with Gasteiger partial charge in [0.1, 0.15) is 5.75 Å². The smallest absolute Gasteiger partial charge is 0.120 e. The summed E-state index contributed by atoms with van der Waals surface area (Å²) < 4.78 is 18.9. The maximum atomic E-state index is 12.4.